The van der Waals surface area contributed by atoms with E-state index in [1.54, 1.807) is 0 Å². The van der Waals surface area contributed by atoms with Crippen LogP contribution in [-0.4, -0.2) is 68.8 Å². The number of carbonyl (C=O) groups excluding carboxylic acids is 1. The molecule has 10 heteroatoms. The second-order valence-electron chi connectivity index (χ2n) is 6.46. The smallest absolute Gasteiger partial charge is 0.344 e. The molecule has 0 unspecified atom stereocenters. The van der Waals surface area contributed by atoms with E-state index in [1.807, 2.05) is 0 Å². The quantitative estimate of drug-likeness (QED) is 0.452. The Morgan fingerprint density at radius 2 is 1.76 bits per heavy atom. The highest BCUT2D eigenvalue weighted by molar-refractivity contribution is 5.94. The first-order valence-corrected chi connectivity index (χ1v) is 8.53. The minimum atomic E-state index is -1.82. The van der Waals surface area contributed by atoms with Gasteiger partial charge in [-0.25, -0.2) is 13.6 Å². The summed E-state index contributed by atoms with van der Waals surface area (Å²) in [5.74, 6) is -3.38. The van der Waals surface area contributed by atoms with E-state index in [9.17, 15) is 34.0 Å². The van der Waals surface area contributed by atoms with Crippen LogP contribution in [-0.2, 0) is 9.47 Å². The van der Waals surface area contributed by atoms with Crippen molar-refractivity contribution in [2.24, 2.45) is 0 Å². The number of hydrogen-bond donors (Lipinski definition) is 5. The summed E-state index contributed by atoms with van der Waals surface area (Å²) >= 11 is 0. The maximum Gasteiger partial charge on any atom is 0.344 e. The van der Waals surface area contributed by atoms with Crippen LogP contribution in [0.3, 0.4) is 0 Å². The van der Waals surface area contributed by atoms with E-state index in [1.165, 1.54) is 6.07 Å². The number of ether oxygens (including phenoxy) is 2. The maximum absolute atomic E-state index is 14.0. The molecule has 0 spiro atoms. The van der Waals surface area contributed by atoms with Gasteiger partial charge in [0.25, 0.3) is 0 Å². The molecule has 0 saturated carbocycles. The zero-order valence-electron chi connectivity index (χ0n) is 14.8. The molecule has 1 aliphatic rings. The summed E-state index contributed by atoms with van der Waals surface area (Å²) in [5, 5.41) is 48.6. The molecule has 5 atom stereocenters. The number of aromatic hydroxyl groups is 1. The van der Waals surface area contributed by atoms with Gasteiger partial charge in [0, 0.05) is 11.6 Å². The van der Waals surface area contributed by atoms with Gasteiger partial charge in [-0.05, 0) is 29.8 Å². The van der Waals surface area contributed by atoms with Gasteiger partial charge in [0.05, 0.1) is 6.61 Å². The fourth-order valence-electron chi connectivity index (χ4n) is 2.92. The number of aliphatic hydroxyl groups is 4. The second kappa shape index (κ2) is 8.39. The molecule has 0 amide bonds. The molecule has 0 aliphatic carbocycles. The summed E-state index contributed by atoms with van der Waals surface area (Å²) in [6.07, 6.45) is -8.25. The average molecular weight is 412 g/mol. The number of hydrogen-bond acceptors (Lipinski definition) is 8. The highest BCUT2D eigenvalue weighted by atomic mass is 19.1. The Morgan fingerprint density at radius 3 is 2.41 bits per heavy atom. The normalized spacial score (nSPS) is 26.9. The predicted molar refractivity (Wildman–Crippen MR) is 92.6 cm³/mol. The summed E-state index contributed by atoms with van der Waals surface area (Å²) in [7, 11) is 0. The highest BCUT2D eigenvalue weighted by Crippen LogP contribution is 2.30. The topological polar surface area (TPSA) is 137 Å². The van der Waals surface area contributed by atoms with Crippen LogP contribution in [0.5, 0.6) is 5.75 Å². The summed E-state index contributed by atoms with van der Waals surface area (Å²) in [4.78, 5) is 12.5. The van der Waals surface area contributed by atoms with Crippen LogP contribution >= 0.6 is 0 Å². The van der Waals surface area contributed by atoms with Gasteiger partial charge in [0.15, 0.2) is 0 Å². The molecule has 1 fully saturated rings. The van der Waals surface area contributed by atoms with Crippen LogP contribution in [0.4, 0.5) is 8.78 Å². The lowest BCUT2D eigenvalue weighted by molar-refractivity contribution is -0.285. The van der Waals surface area contributed by atoms with E-state index >= 15 is 0 Å². The monoisotopic (exact) mass is 412 g/mol. The molecule has 0 radical (unpaired) electrons. The fourth-order valence-corrected chi connectivity index (χ4v) is 2.92. The molecule has 1 heterocycles. The third-order valence-corrected chi connectivity index (χ3v) is 4.53. The van der Waals surface area contributed by atoms with Gasteiger partial charge in [-0.3, -0.25) is 0 Å². The number of phenolic OH excluding ortho intramolecular Hbond substituents is 1. The maximum atomic E-state index is 14.0. The summed E-state index contributed by atoms with van der Waals surface area (Å²) in [6.45, 7) is -0.719. The first-order chi connectivity index (χ1) is 13.7. The summed E-state index contributed by atoms with van der Waals surface area (Å²) in [5.41, 5.74) is -0.308. The number of aliphatic hydroxyl groups excluding tert-OH is 4. The van der Waals surface area contributed by atoms with Gasteiger partial charge in [-0.1, -0.05) is 6.07 Å². The van der Waals surface area contributed by atoms with Gasteiger partial charge in [-0.15, -0.1) is 0 Å². The van der Waals surface area contributed by atoms with Crippen molar-refractivity contribution >= 4 is 5.97 Å². The number of benzene rings is 2. The number of halogens is 2. The van der Waals surface area contributed by atoms with Crippen molar-refractivity contribution in [2.75, 3.05) is 6.61 Å². The largest absolute Gasteiger partial charge is 0.507 e. The van der Waals surface area contributed by atoms with Crippen LogP contribution in [0.25, 0.3) is 11.1 Å². The third kappa shape index (κ3) is 4.21. The number of rotatable bonds is 4. The van der Waals surface area contributed by atoms with Crippen LogP contribution in [0.15, 0.2) is 36.4 Å². The molecule has 1 aliphatic heterocycles. The Kier molecular flexibility index (Phi) is 6.10. The summed E-state index contributed by atoms with van der Waals surface area (Å²) in [6, 6.07) is 6.34. The first-order valence-electron chi connectivity index (χ1n) is 8.53. The molecule has 2 aromatic carbocycles. The van der Waals surface area contributed by atoms with Crippen molar-refractivity contribution in [1.82, 2.24) is 0 Å². The van der Waals surface area contributed by atoms with Crippen LogP contribution in [0, 0.1) is 11.6 Å². The lowest BCUT2D eigenvalue weighted by Crippen LogP contribution is -2.59. The molecule has 3 rings (SSSR count). The van der Waals surface area contributed by atoms with Crippen LogP contribution < -0.4 is 0 Å². The van der Waals surface area contributed by atoms with Gasteiger partial charge in [-0.2, -0.15) is 0 Å². The summed E-state index contributed by atoms with van der Waals surface area (Å²) < 4.78 is 37.1. The van der Waals surface area contributed by atoms with Crippen molar-refractivity contribution in [3.8, 4) is 16.9 Å². The van der Waals surface area contributed by atoms with E-state index in [0.717, 1.165) is 24.3 Å². The fraction of sp³-hybridized carbons (Fsp3) is 0.316. The predicted octanol–water partition coefficient (Wildman–Crippen LogP) is 0.294. The molecule has 0 aromatic heterocycles. The lowest BCUT2D eigenvalue weighted by atomic mass is 9.99. The zero-order valence-corrected chi connectivity index (χ0v) is 14.8. The highest BCUT2D eigenvalue weighted by Gasteiger charge is 2.45. The Hall–Kier alpha value is -2.63. The minimum Gasteiger partial charge on any atom is -0.507 e. The van der Waals surface area contributed by atoms with E-state index in [-0.39, 0.29) is 11.1 Å². The SMILES string of the molecule is O=C(O[C@@H]1O[C@H](CO)[C@@H](O)[C@H](O)[C@H]1O)c1cc(-c2ccc(F)cc2F)ccc1O. The number of carbonyl (C=O) groups is 1. The first kappa shape index (κ1) is 21.1. The van der Waals surface area contributed by atoms with Gasteiger partial charge in [0.2, 0.25) is 6.29 Å². The zero-order chi connectivity index (χ0) is 21.3. The average Bonchev–Trinajstić information content (AvgIpc) is 2.69. The molecular weight excluding hydrogens is 394 g/mol. The molecule has 156 valence electrons. The molecular formula is C19H18F2O8. The minimum absolute atomic E-state index is 0.0340. The van der Waals surface area contributed by atoms with Crippen LogP contribution in [0.2, 0.25) is 0 Å². The van der Waals surface area contributed by atoms with Crippen LogP contribution in [0.1, 0.15) is 10.4 Å². The lowest BCUT2D eigenvalue weighted by Gasteiger charge is -2.39. The van der Waals surface area contributed by atoms with E-state index in [2.05, 4.69) is 0 Å². The van der Waals surface area contributed by atoms with Crippen molar-refractivity contribution in [3.05, 3.63) is 53.6 Å². The molecule has 0 bridgehead atoms. The van der Waals surface area contributed by atoms with E-state index in [4.69, 9.17) is 14.6 Å². The Morgan fingerprint density at radius 1 is 1.03 bits per heavy atom. The number of esters is 1. The van der Waals surface area contributed by atoms with Gasteiger partial charge >= 0.3 is 5.97 Å². The van der Waals surface area contributed by atoms with Crippen molar-refractivity contribution < 1.29 is 48.6 Å². The molecule has 29 heavy (non-hydrogen) atoms. The third-order valence-electron chi connectivity index (χ3n) is 4.53. The molecule has 2 aromatic rings. The van der Waals surface area contributed by atoms with Crippen molar-refractivity contribution in [3.63, 3.8) is 0 Å². The molecule has 5 N–H and O–H groups in total. The Labute approximate surface area is 163 Å². The van der Waals surface area contributed by atoms with Crippen molar-refractivity contribution in [1.29, 1.82) is 0 Å². The van der Waals surface area contributed by atoms with E-state index in [0.29, 0.717) is 6.07 Å². The second-order valence-corrected chi connectivity index (χ2v) is 6.46. The Balaban J connectivity index is 1.85. The molecule has 1 saturated heterocycles. The Bertz CT molecular complexity index is 904. The number of phenols is 1. The van der Waals surface area contributed by atoms with E-state index < -0.39 is 66.2 Å². The van der Waals surface area contributed by atoms with Crippen molar-refractivity contribution in [2.45, 2.75) is 30.7 Å². The molecule has 8 nitrogen and oxygen atoms in total. The van der Waals surface area contributed by atoms with Gasteiger partial charge < -0.3 is 35.0 Å². The standard InChI is InChI=1S/C19H18F2O8/c20-9-2-3-10(12(21)6-9)8-1-4-13(23)11(5-8)18(27)29-19-17(26)16(25)15(24)14(7-22)28-19/h1-6,14-17,19,22-26H,7H2/t14-,15-,16+,17-,19+/m1/s1. The van der Waals surface area contributed by atoms with Gasteiger partial charge in [0.1, 0.15) is 47.4 Å².